The summed E-state index contributed by atoms with van der Waals surface area (Å²) in [5.74, 6) is -1.16. The molecule has 132 valence electrons. The van der Waals surface area contributed by atoms with Gasteiger partial charge in [0.2, 0.25) is 0 Å². The van der Waals surface area contributed by atoms with Gasteiger partial charge in [0.25, 0.3) is 10.9 Å². The van der Waals surface area contributed by atoms with E-state index in [0.29, 0.717) is 16.2 Å². The van der Waals surface area contributed by atoms with Gasteiger partial charge in [-0.15, -0.1) is 0 Å². The second kappa shape index (κ2) is 7.84. The highest BCUT2D eigenvalue weighted by atomic mass is 32.2. The minimum atomic E-state index is -3.09. The topological polar surface area (TPSA) is 108 Å². The lowest BCUT2D eigenvalue weighted by Gasteiger charge is -2.23. The fourth-order valence-electron chi connectivity index (χ4n) is 2.23. The first-order chi connectivity index (χ1) is 11.3. The van der Waals surface area contributed by atoms with Gasteiger partial charge >= 0.3 is 5.97 Å². The number of carbonyl (C=O) groups is 2. The number of ether oxygens (including phenoxy) is 1. The number of hydrogen-bond acceptors (Lipinski definition) is 7. The number of aromatic nitrogens is 1. The van der Waals surface area contributed by atoms with Crippen LogP contribution in [0.15, 0.2) is 29.4 Å². The van der Waals surface area contributed by atoms with E-state index in [0.717, 1.165) is 11.8 Å². The molecule has 1 fully saturated rings. The molecule has 0 aromatic carbocycles. The molecule has 0 aliphatic carbocycles. The monoisotopic (exact) mass is 374 g/mol. The standard InChI is InChI=1S/C14H18N2O6S2/c1-15(11-5-7-24(20,21)10-11)12(17)8-22-14(18)9-23-13-4-2-3-6-16(13)19/h2-4,6,11H,5,7-10H2,1H3. The molecular weight excluding hydrogens is 356 g/mol. The molecule has 0 spiro atoms. The van der Waals surface area contributed by atoms with Crippen LogP contribution in [-0.2, 0) is 24.2 Å². The van der Waals surface area contributed by atoms with Crippen molar-refractivity contribution in [1.29, 1.82) is 0 Å². The number of likely N-dealkylation sites (N-methyl/N-ethyl adjacent to an activating group) is 1. The van der Waals surface area contributed by atoms with Crippen LogP contribution in [-0.4, -0.2) is 62.1 Å². The van der Waals surface area contributed by atoms with Crippen LogP contribution >= 0.6 is 11.8 Å². The molecule has 1 atom stereocenters. The zero-order chi connectivity index (χ0) is 17.7. The minimum absolute atomic E-state index is 0.0590. The van der Waals surface area contributed by atoms with E-state index in [-0.39, 0.29) is 23.3 Å². The van der Waals surface area contributed by atoms with Gasteiger partial charge in [0.05, 0.1) is 11.5 Å². The SMILES string of the molecule is CN(C(=O)COC(=O)CSc1cccc[n+]1[O-])C1CCS(=O)(=O)C1. The molecular formula is C14H18N2O6S2. The van der Waals surface area contributed by atoms with Crippen LogP contribution in [0.25, 0.3) is 0 Å². The first-order valence-electron chi connectivity index (χ1n) is 7.21. The summed E-state index contributed by atoms with van der Waals surface area (Å²) < 4.78 is 28.4. The third kappa shape index (κ3) is 5.10. The van der Waals surface area contributed by atoms with E-state index in [1.54, 1.807) is 18.2 Å². The van der Waals surface area contributed by atoms with Crippen molar-refractivity contribution < 1.29 is 27.5 Å². The van der Waals surface area contributed by atoms with Crippen molar-refractivity contribution >= 4 is 33.5 Å². The Balaban J connectivity index is 1.75. The molecule has 8 nitrogen and oxygen atoms in total. The Bertz CT molecular complexity index is 722. The summed E-state index contributed by atoms with van der Waals surface area (Å²) in [5.41, 5.74) is 0. The molecule has 0 radical (unpaired) electrons. The third-order valence-corrected chi connectivity index (χ3v) is 6.37. The molecule has 0 saturated carbocycles. The van der Waals surface area contributed by atoms with Crippen LogP contribution in [0.3, 0.4) is 0 Å². The van der Waals surface area contributed by atoms with Crippen molar-refractivity contribution in [2.45, 2.75) is 17.5 Å². The predicted octanol–water partition coefficient (Wildman–Crippen LogP) is -0.399. The van der Waals surface area contributed by atoms with E-state index in [4.69, 9.17) is 4.74 Å². The predicted molar refractivity (Wildman–Crippen MR) is 86.9 cm³/mol. The second-order valence-electron chi connectivity index (χ2n) is 5.38. The van der Waals surface area contributed by atoms with Crippen LogP contribution in [0.4, 0.5) is 0 Å². The molecule has 1 aromatic rings. The van der Waals surface area contributed by atoms with E-state index >= 15 is 0 Å². The van der Waals surface area contributed by atoms with Gasteiger partial charge in [-0.05, 0) is 24.2 Å². The highest BCUT2D eigenvalue weighted by Crippen LogP contribution is 2.17. The maximum Gasteiger partial charge on any atom is 0.317 e. The molecule has 0 bridgehead atoms. The van der Waals surface area contributed by atoms with Crippen molar-refractivity contribution in [2.75, 3.05) is 30.9 Å². The van der Waals surface area contributed by atoms with Crippen LogP contribution in [0.2, 0.25) is 0 Å². The number of hydrogen-bond donors (Lipinski definition) is 0. The number of nitrogens with zero attached hydrogens (tertiary/aromatic N) is 2. The van der Waals surface area contributed by atoms with Gasteiger partial charge in [0.1, 0.15) is 5.75 Å². The lowest BCUT2D eigenvalue weighted by molar-refractivity contribution is -0.645. The lowest BCUT2D eigenvalue weighted by atomic mass is 10.2. The molecule has 0 N–H and O–H groups in total. The summed E-state index contributed by atoms with van der Waals surface area (Å²) in [6, 6.07) is 4.45. The van der Waals surface area contributed by atoms with Gasteiger partial charge in [-0.25, -0.2) is 8.42 Å². The number of esters is 1. The van der Waals surface area contributed by atoms with Gasteiger partial charge in [-0.1, -0.05) is 0 Å². The van der Waals surface area contributed by atoms with E-state index in [1.807, 2.05) is 0 Å². The summed E-state index contributed by atoms with van der Waals surface area (Å²) in [4.78, 5) is 24.9. The van der Waals surface area contributed by atoms with Crippen molar-refractivity contribution in [3.63, 3.8) is 0 Å². The average molecular weight is 374 g/mol. The fourth-order valence-corrected chi connectivity index (χ4v) is 4.71. The Morgan fingerprint density at radius 2 is 2.21 bits per heavy atom. The molecule has 1 aromatic heterocycles. The summed E-state index contributed by atoms with van der Waals surface area (Å²) in [5, 5.41) is 11.8. The van der Waals surface area contributed by atoms with Gasteiger partial charge in [-0.2, -0.15) is 4.73 Å². The van der Waals surface area contributed by atoms with Crippen molar-refractivity contribution in [1.82, 2.24) is 4.90 Å². The molecule has 1 saturated heterocycles. The summed E-state index contributed by atoms with van der Waals surface area (Å²) in [7, 11) is -1.58. The molecule has 1 unspecified atom stereocenters. The maximum atomic E-state index is 12.0. The molecule has 24 heavy (non-hydrogen) atoms. The van der Waals surface area contributed by atoms with Crippen LogP contribution in [0, 0.1) is 5.21 Å². The average Bonchev–Trinajstić information content (AvgIpc) is 2.91. The Morgan fingerprint density at radius 1 is 1.46 bits per heavy atom. The number of sulfone groups is 1. The Hall–Kier alpha value is -1.81. The van der Waals surface area contributed by atoms with Gasteiger partial charge in [0.15, 0.2) is 22.6 Å². The Kier molecular flexibility index (Phi) is 6.05. The molecule has 2 heterocycles. The van der Waals surface area contributed by atoms with E-state index in [2.05, 4.69) is 0 Å². The highest BCUT2D eigenvalue weighted by molar-refractivity contribution is 7.99. The Morgan fingerprint density at radius 3 is 2.83 bits per heavy atom. The number of thioether (sulfide) groups is 1. The van der Waals surface area contributed by atoms with E-state index < -0.39 is 28.3 Å². The molecule has 1 aliphatic rings. The maximum absolute atomic E-state index is 12.0. The summed E-state index contributed by atoms with van der Waals surface area (Å²) in [6.45, 7) is -0.446. The van der Waals surface area contributed by atoms with Crippen molar-refractivity contribution in [2.24, 2.45) is 0 Å². The lowest BCUT2D eigenvalue weighted by Crippen LogP contribution is -2.40. The van der Waals surface area contributed by atoms with Crippen LogP contribution in [0.5, 0.6) is 0 Å². The second-order valence-corrected chi connectivity index (χ2v) is 8.60. The van der Waals surface area contributed by atoms with Gasteiger partial charge < -0.3 is 14.8 Å². The molecule has 1 aliphatic heterocycles. The zero-order valence-electron chi connectivity index (χ0n) is 13.1. The summed E-state index contributed by atoms with van der Waals surface area (Å²) >= 11 is 1.01. The van der Waals surface area contributed by atoms with Crippen LogP contribution < -0.4 is 4.73 Å². The molecule has 2 rings (SSSR count). The zero-order valence-corrected chi connectivity index (χ0v) is 14.7. The number of amides is 1. The Labute approximate surface area is 144 Å². The van der Waals surface area contributed by atoms with E-state index in [9.17, 15) is 23.2 Å². The number of rotatable bonds is 6. The number of pyridine rings is 1. The highest BCUT2D eigenvalue weighted by Gasteiger charge is 2.32. The first kappa shape index (κ1) is 18.5. The minimum Gasteiger partial charge on any atom is -0.618 e. The third-order valence-electron chi connectivity index (χ3n) is 3.63. The molecule has 1 amide bonds. The quantitative estimate of drug-likeness (QED) is 0.288. The van der Waals surface area contributed by atoms with Gasteiger partial charge in [-0.3, -0.25) is 9.59 Å². The van der Waals surface area contributed by atoms with Gasteiger partial charge in [0, 0.05) is 25.2 Å². The molecule has 10 heteroatoms. The normalized spacial score (nSPS) is 19.0. The fraction of sp³-hybridized carbons (Fsp3) is 0.500. The van der Waals surface area contributed by atoms with E-state index in [1.165, 1.54) is 18.1 Å². The summed E-state index contributed by atoms with van der Waals surface area (Å²) in [6.07, 6.45) is 1.72. The van der Waals surface area contributed by atoms with Crippen molar-refractivity contribution in [3.8, 4) is 0 Å². The van der Waals surface area contributed by atoms with Crippen molar-refractivity contribution in [3.05, 3.63) is 29.6 Å². The van der Waals surface area contributed by atoms with Crippen LogP contribution in [0.1, 0.15) is 6.42 Å². The smallest absolute Gasteiger partial charge is 0.317 e. The number of carbonyl (C=O) groups excluding carboxylic acids is 2. The first-order valence-corrected chi connectivity index (χ1v) is 10.0. The largest absolute Gasteiger partial charge is 0.618 e.